The van der Waals surface area contributed by atoms with E-state index in [2.05, 4.69) is 5.32 Å². The van der Waals surface area contributed by atoms with Crippen molar-refractivity contribution in [3.63, 3.8) is 0 Å². The zero-order valence-corrected chi connectivity index (χ0v) is 8.07. The van der Waals surface area contributed by atoms with Crippen molar-refractivity contribution in [1.82, 2.24) is 0 Å². The third kappa shape index (κ3) is 3.76. The fourth-order valence-corrected chi connectivity index (χ4v) is 0.875. The molecule has 74 valence electrons. The zero-order valence-electron chi connectivity index (χ0n) is 8.07. The predicted octanol–water partition coefficient (Wildman–Crippen LogP) is 3.16. The fraction of sp³-hybridized carbons (Fsp3) is 0.182. The number of carbonyl (C=O) groups excluding carboxylic acids is 1. The molecule has 14 heavy (non-hydrogen) atoms. The largest absolute Gasteiger partial charge is 0.418 e. The molecular weight excluding hydrogens is 178 g/mol. The summed E-state index contributed by atoms with van der Waals surface area (Å²) in [6, 6.07) is 9.16. The van der Waals surface area contributed by atoms with Crippen molar-refractivity contribution in [1.29, 1.82) is 0 Å². The van der Waals surface area contributed by atoms with Crippen LogP contribution in [0.15, 0.2) is 42.7 Å². The van der Waals surface area contributed by atoms with E-state index >= 15 is 0 Å². The number of ether oxygens (including phenoxy) is 1. The van der Waals surface area contributed by atoms with Crippen LogP contribution in [-0.4, -0.2) is 6.09 Å². The van der Waals surface area contributed by atoms with Gasteiger partial charge in [-0.2, -0.15) is 0 Å². The molecule has 0 atom stereocenters. The first kappa shape index (κ1) is 10.3. The minimum Gasteiger partial charge on any atom is -0.418 e. The van der Waals surface area contributed by atoms with E-state index in [0.717, 1.165) is 12.1 Å². The third-order valence-electron chi connectivity index (χ3n) is 1.53. The molecule has 0 saturated carbocycles. The van der Waals surface area contributed by atoms with Crippen LogP contribution < -0.4 is 5.32 Å². The molecule has 0 bridgehead atoms. The number of allylic oxidation sites excluding steroid dienone is 1. The van der Waals surface area contributed by atoms with Gasteiger partial charge in [-0.05, 0) is 24.6 Å². The van der Waals surface area contributed by atoms with Gasteiger partial charge in [0.15, 0.2) is 0 Å². The minimum atomic E-state index is -0.471. The van der Waals surface area contributed by atoms with Crippen LogP contribution in [0.4, 0.5) is 10.5 Å². The second kappa shape index (κ2) is 5.80. The van der Waals surface area contributed by atoms with Crippen LogP contribution in [0.5, 0.6) is 0 Å². The van der Waals surface area contributed by atoms with E-state index < -0.39 is 6.09 Å². The van der Waals surface area contributed by atoms with Crippen LogP contribution in [-0.2, 0) is 4.74 Å². The maximum absolute atomic E-state index is 11.1. The number of anilines is 1. The fourth-order valence-electron chi connectivity index (χ4n) is 0.875. The summed E-state index contributed by atoms with van der Waals surface area (Å²) in [6.07, 6.45) is 3.53. The van der Waals surface area contributed by atoms with Crippen LogP contribution in [0.2, 0.25) is 0 Å². The van der Waals surface area contributed by atoms with E-state index in [1.165, 1.54) is 6.26 Å². The summed E-state index contributed by atoms with van der Waals surface area (Å²) in [5.74, 6) is 0. The van der Waals surface area contributed by atoms with E-state index in [-0.39, 0.29) is 0 Å². The van der Waals surface area contributed by atoms with E-state index in [1.54, 1.807) is 18.2 Å². The van der Waals surface area contributed by atoms with Gasteiger partial charge in [-0.1, -0.05) is 25.1 Å². The standard InChI is InChI=1S/C11H13NO2/c1-2-3-9-14-11(13)12-10-7-5-4-6-8-10/h3-9H,2H2,1H3,(H,12,13)/b9-3+. The molecule has 0 saturated heterocycles. The molecule has 1 aromatic rings. The number of benzene rings is 1. The lowest BCUT2D eigenvalue weighted by Gasteiger charge is -2.02. The number of para-hydroxylation sites is 1. The average Bonchev–Trinajstić information content (AvgIpc) is 2.20. The van der Waals surface area contributed by atoms with Gasteiger partial charge in [0, 0.05) is 5.69 Å². The van der Waals surface area contributed by atoms with Crippen molar-refractivity contribution in [2.24, 2.45) is 0 Å². The number of hydrogen-bond donors (Lipinski definition) is 1. The summed E-state index contributed by atoms with van der Waals surface area (Å²) in [5, 5.41) is 2.59. The van der Waals surface area contributed by atoms with Gasteiger partial charge in [0.2, 0.25) is 0 Å². The summed E-state index contributed by atoms with van der Waals surface area (Å²) in [6.45, 7) is 1.97. The van der Waals surface area contributed by atoms with Crippen molar-refractivity contribution in [2.45, 2.75) is 13.3 Å². The molecule has 0 heterocycles. The monoisotopic (exact) mass is 191 g/mol. The Hall–Kier alpha value is -1.77. The predicted molar refractivity (Wildman–Crippen MR) is 56.0 cm³/mol. The van der Waals surface area contributed by atoms with Crippen molar-refractivity contribution < 1.29 is 9.53 Å². The van der Waals surface area contributed by atoms with E-state index in [0.29, 0.717) is 0 Å². The van der Waals surface area contributed by atoms with Gasteiger partial charge in [0.1, 0.15) is 0 Å². The van der Waals surface area contributed by atoms with Gasteiger partial charge in [-0.3, -0.25) is 5.32 Å². The molecule has 0 aliphatic rings. The van der Waals surface area contributed by atoms with Gasteiger partial charge >= 0.3 is 6.09 Å². The molecule has 3 heteroatoms. The average molecular weight is 191 g/mol. The lowest BCUT2D eigenvalue weighted by molar-refractivity contribution is 0.201. The zero-order chi connectivity index (χ0) is 10.2. The Kier molecular flexibility index (Phi) is 4.27. The lowest BCUT2D eigenvalue weighted by Crippen LogP contribution is -2.10. The first-order chi connectivity index (χ1) is 6.83. The van der Waals surface area contributed by atoms with E-state index in [1.807, 2.05) is 25.1 Å². The third-order valence-corrected chi connectivity index (χ3v) is 1.53. The van der Waals surface area contributed by atoms with E-state index in [9.17, 15) is 4.79 Å². The molecule has 0 aromatic heterocycles. The maximum Gasteiger partial charge on any atom is 0.416 e. The highest BCUT2D eigenvalue weighted by molar-refractivity contribution is 5.84. The van der Waals surface area contributed by atoms with Crippen molar-refractivity contribution >= 4 is 11.8 Å². The Labute approximate surface area is 83.4 Å². The molecule has 1 rings (SSSR count). The highest BCUT2D eigenvalue weighted by atomic mass is 16.5. The van der Waals surface area contributed by atoms with Crippen molar-refractivity contribution in [3.05, 3.63) is 42.7 Å². The van der Waals surface area contributed by atoms with Crippen molar-refractivity contribution in [3.8, 4) is 0 Å². The Morgan fingerprint density at radius 1 is 1.43 bits per heavy atom. The smallest absolute Gasteiger partial charge is 0.416 e. The lowest BCUT2D eigenvalue weighted by atomic mass is 10.3. The van der Waals surface area contributed by atoms with Gasteiger partial charge in [0.05, 0.1) is 6.26 Å². The number of rotatable bonds is 3. The Morgan fingerprint density at radius 2 is 2.14 bits per heavy atom. The molecule has 1 N–H and O–H groups in total. The SMILES string of the molecule is CC/C=C/OC(=O)Nc1ccccc1. The molecule has 0 aliphatic heterocycles. The van der Waals surface area contributed by atoms with Crippen LogP contribution in [0.25, 0.3) is 0 Å². The molecule has 0 fully saturated rings. The number of amides is 1. The first-order valence-corrected chi connectivity index (χ1v) is 4.50. The van der Waals surface area contributed by atoms with Crippen LogP contribution in [0.3, 0.4) is 0 Å². The number of carbonyl (C=O) groups is 1. The highest BCUT2D eigenvalue weighted by Gasteiger charge is 1.98. The molecule has 1 aromatic carbocycles. The topological polar surface area (TPSA) is 38.3 Å². The van der Waals surface area contributed by atoms with Crippen LogP contribution in [0.1, 0.15) is 13.3 Å². The summed E-state index contributed by atoms with van der Waals surface area (Å²) in [4.78, 5) is 11.1. The van der Waals surface area contributed by atoms with Gasteiger partial charge in [-0.25, -0.2) is 4.79 Å². The summed E-state index contributed by atoms with van der Waals surface area (Å²) >= 11 is 0. The second-order valence-corrected chi connectivity index (χ2v) is 2.68. The van der Waals surface area contributed by atoms with E-state index in [4.69, 9.17) is 4.74 Å². The van der Waals surface area contributed by atoms with Gasteiger partial charge < -0.3 is 4.74 Å². The van der Waals surface area contributed by atoms with Crippen molar-refractivity contribution in [2.75, 3.05) is 5.32 Å². The number of hydrogen-bond acceptors (Lipinski definition) is 2. The second-order valence-electron chi connectivity index (χ2n) is 2.68. The summed E-state index contributed by atoms with van der Waals surface area (Å²) < 4.78 is 4.76. The molecule has 1 amide bonds. The van der Waals surface area contributed by atoms with Crippen LogP contribution in [0, 0.1) is 0 Å². The minimum absolute atomic E-state index is 0.471. The molecule has 0 radical (unpaired) electrons. The van der Waals surface area contributed by atoms with Gasteiger partial charge in [-0.15, -0.1) is 0 Å². The quantitative estimate of drug-likeness (QED) is 0.745. The van der Waals surface area contributed by atoms with Gasteiger partial charge in [0.25, 0.3) is 0 Å². The molecule has 0 unspecified atom stereocenters. The Morgan fingerprint density at radius 3 is 2.79 bits per heavy atom. The Balaban J connectivity index is 2.38. The first-order valence-electron chi connectivity index (χ1n) is 4.50. The normalized spacial score (nSPS) is 10.1. The number of nitrogens with one attached hydrogen (secondary N) is 1. The summed E-state index contributed by atoms with van der Waals surface area (Å²) in [7, 11) is 0. The molecule has 3 nitrogen and oxygen atoms in total. The van der Waals surface area contributed by atoms with Crippen LogP contribution >= 0.6 is 0 Å². The molecule has 0 spiro atoms. The molecule has 0 aliphatic carbocycles. The maximum atomic E-state index is 11.1. The Bertz CT molecular complexity index is 306. The highest BCUT2D eigenvalue weighted by Crippen LogP contribution is 2.05. The summed E-state index contributed by atoms with van der Waals surface area (Å²) in [5.41, 5.74) is 0.724. The molecular formula is C11H13NO2.